The number of aromatic nitrogens is 1. The van der Waals surface area contributed by atoms with Crippen molar-refractivity contribution in [3.05, 3.63) is 23.9 Å². The molecule has 2 aliphatic rings. The Bertz CT molecular complexity index is 740. The lowest BCUT2D eigenvalue weighted by atomic mass is 9.77. The van der Waals surface area contributed by atoms with E-state index in [2.05, 4.69) is 4.98 Å². The molecule has 2 fully saturated rings. The number of piperidine rings is 1. The molecule has 0 aliphatic carbocycles. The fourth-order valence-electron chi connectivity index (χ4n) is 4.06. The molecule has 2 saturated heterocycles. The largest absolute Gasteiger partial charge is 0.481 e. The fraction of sp³-hybridized carbons (Fsp3) is 0.556. The third-order valence-corrected chi connectivity index (χ3v) is 5.68. The Kier molecular flexibility index (Phi) is 4.60. The van der Waals surface area contributed by atoms with E-state index in [9.17, 15) is 19.5 Å². The highest BCUT2D eigenvalue weighted by molar-refractivity contribution is 5.92. The first-order valence-corrected chi connectivity index (χ1v) is 8.69. The minimum absolute atomic E-state index is 0.0664. The predicted molar refractivity (Wildman–Crippen MR) is 94.9 cm³/mol. The summed E-state index contributed by atoms with van der Waals surface area (Å²) in [5.41, 5.74) is -0.249. The average molecular weight is 360 g/mol. The van der Waals surface area contributed by atoms with E-state index in [0.717, 1.165) is 0 Å². The first-order valence-electron chi connectivity index (χ1n) is 8.69. The number of likely N-dealkylation sites (tertiary alicyclic amines) is 1. The summed E-state index contributed by atoms with van der Waals surface area (Å²) in [7, 11) is 5.07. The van der Waals surface area contributed by atoms with E-state index >= 15 is 0 Å². The molecule has 26 heavy (non-hydrogen) atoms. The van der Waals surface area contributed by atoms with Gasteiger partial charge in [-0.2, -0.15) is 0 Å². The summed E-state index contributed by atoms with van der Waals surface area (Å²) in [6.07, 6.45) is 1.20. The van der Waals surface area contributed by atoms with Crippen molar-refractivity contribution in [2.24, 2.45) is 5.92 Å². The van der Waals surface area contributed by atoms with Gasteiger partial charge in [-0.1, -0.05) is 6.07 Å². The Hall–Kier alpha value is -2.64. The van der Waals surface area contributed by atoms with Crippen molar-refractivity contribution in [2.75, 3.05) is 39.1 Å². The number of amides is 2. The van der Waals surface area contributed by atoms with Crippen molar-refractivity contribution in [3.63, 3.8) is 0 Å². The van der Waals surface area contributed by atoms with Gasteiger partial charge >= 0.3 is 5.97 Å². The fourth-order valence-corrected chi connectivity index (χ4v) is 4.06. The third kappa shape index (κ3) is 2.89. The molecule has 0 unspecified atom stereocenters. The van der Waals surface area contributed by atoms with E-state index in [-0.39, 0.29) is 18.2 Å². The van der Waals surface area contributed by atoms with E-state index < -0.39 is 17.4 Å². The molecule has 2 amide bonds. The molecule has 140 valence electrons. The van der Waals surface area contributed by atoms with Crippen molar-refractivity contribution in [1.29, 1.82) is 0 Å². The van der Waals surface area contributed by atoms with Gasteiger partial charge in [0, 0.05) is 40.7 Å². The molecular weight excluding hydrogens is 336 g/mol. The zero-order chi connectivity index (χ0) is 19.1. The molecule has 8 heteroatoms. The minimum atomic E-state index is -0.909. The van der Waals surface area contributed by atoms with E-state index in [4.69, 9.17) is 0 Å². The maximum absolute atomic E-state index is 12.1. The van der Waals surface area contributed by atoms with Crippen LogP contribution in [0.1, 0.15) is 29.8 Å². The standard InChI is InChI=1S/C18H24N4O4/c1-20(2)16(24)13-5-4-6-14(19-13)22-9-7-18(8-10-22)12(17(25)26)11-15(23)21(18)3/h4-6,12H,7-11H2,1-3H3,(H,25,26)/t12-/m1/s1. The van der Waals surface area contributed by atoms with Crippen LogP contribution in [0.5, 0.6) is 0 Å². The quantitative estimate of drug-likeness (QED) is 0.852. The van der Waals surface area contributed by atoms with Gasteiger partial charge in [0.1, 0.15) is 11.5 Å². The second-order valence-electron chi connectivity index (χ2n) is 7.22. The van der Waals surface area contributed by atoms with Crippen molar-refractivity contribution >= 4 is 23.6 Å². The van der Waals surface area contributed by atoms with Crippen molar-refractivity contribution in [2.45, 2.75) is 24.8 Å². The smallest absolute Gasteiger partial charge is 0.309 e. The number of nitrogens with zero attached hydrogens (tertiary/aromatic N) is 4. The lowest BCUT2D eigenvalue weighted by Crippen LogP contribution is -2.56. The Labute approximate surface area is 152 Å². The summed E-state index contributed by atoms with van der Waals surface area (Å²) in [5.74, 6) is -1.15. The molecule has 1 aromatic rings. The summed E-state index contributed by atoms with van der Waals surface area (Å²) in [6.45, 7) is 1.18. The van der Waals surface area contributed by atoms with Gasteiger partial charge in [0.2, 0.25) is 5.91 Å². The summed E-state index contributed by atoms with van der Waals surface area (Å²) in [6, 6.07) is 5.33. The van der Waals surface area contributed by atoms with Gasteiger partial charge in [-0.05, 0) is 25.0 Å². The molecule has 0 radical (unpaired) electrons. The van der Waals surface area contributed by atoms with E-state index in [0.29, 0.717) is 37.4 Å². The Balaban J connectivity index is 1.78. The molecule has 8 nitrogen and oxygen atoms in total. The first kappa shape index (κ1) is 18.2. The first-order chi connectivity index (χ1) is 12.3. The van der Waals surface area contributed by atoms with Gasteiger partial charge in [-0.25, -0.2) is 4.98 Å². The van der Waals surface area contributed by atoms with Crippen molar-refractivity contribution < 1.29 is 19.5 Å². The van der Waals surface area contributed by atoms with Crippen LogP contribution < -0.4 is 4.90 Å². The predicted octanol–water partition coefficient (Wildman–Crippen LogP) is 0.685. The Morgan fingerprint density at radius 3 is 2.50 bits per heavy atom. The number of carboxylic acid groups (broad SMARTS) is 1. The highest BCUT2D eigenvalue weighted by Gasteiger charge is 2.55. The van der Waals surface area contributed by atoms with Crippen LogP contribution in [-0.4, -0.2) is 77.4 Å². The van der Waals surface area contributed by atoms with Crippen LogP contribution in [-0.2, 0) is 9.59 Å². The topological polar surface area (TPSA) is 94.1 Å². The van der Waals surface area contributed by atoms with Crippen molar-refractivity contribution in [3.8, 4) is 0 Å². The maximum Gasteiger partial charge on any atom is 0.309 e. The number of carbonyl (C=O) groups excluding carboxylic acids is 2. The molecule has 0 aromatic carbocycles. The van der Waals surface area contributed by atoms with E-state index in [1.54, 1.807) is 38.2 Å². The Morgan fingerprint density at radius 1 is 1.27 bits per heavy atom. The SMILES string of the molecule is CN(C)C(=O)c1cccc(N2CCC3(CC2)[C@@H](C(=O)O)CC(=O)N3C)n1. The number of anilines is 1. The molecule has 1 N–H and O–H groups in total. The van der Waals surface area contributed by atoms with Crippen LogP contribution in [0.4, 0.5) is 5.82 Å². The van der Waals surface area contributed by atoms with Crippen LogP contribution in [0.25, 0.3) is 0 Å². The molecule has 1 atom stereocenters. The number of hydrogen-bond donors (Lipinski definition) is 1. The maximum atomic E-state index is 12.1. The van der Waals surface area contributed by atoms with Crippen LogP contribution in [0.2, 0.25) is 0 Å². The molecule has 2 aliphatic heterocycles. The number of carbonyl (C=O) groups is 3. The summed E-state index contributed by atoms with van der Waals surface area (Å²) in [4.78, 5) is 45.5. The molecular formula is C18H24N4O4. The van der Waals surface area contributed by atoms with Gasteiger partial charge in [-0.3, -0.25) is 14.4 Å². The van der Waals surface area contributed by atoms with E-state index in [1.165, 1.54) is 4.90 Å². The number of aliphatic carboxylic acids is 1. The monoisotopic (exact) mass is 360 g/mol. The third-order valence-electron chi connectivity index (χ3n) is 5.68. The lowest BCUT2D eigenvalue weighted by Gasteiger charge is -2.45. The van der Waals surface area contributed by atoms with Gasteiger partial charge in [-0.15, -0.1) is 0 Å². The van der Waals surface area contributed by atoms with Gasteiger partial charge in [0.25, 0.3) is 5.91 Å². The lowest BCUT2D eigenvalue weighted by molar-refractivity contribution is -0.145. The summed E-state index contributed by atoms with van der Waals surface area (Å²) < 4.78 is 0. The molecule has 0 saturated carbocycles. The van der Waals surface area contributed by atoms with Gasteiger partial charge < -0.3 is 19.8 Å². The minimum Gasteiger partial charge on any atom is -0.481 e. The van der Waals surface area contributed by atoms with Crippen LogP contribution in [0.3, 0.4) is 0 Å². The summed E-state index contributed by atoms with van der Waals surface area (Å²) in [5, 5.41) is 9.55. The normalized spacial score (nSPS) is 22.0. The number of hydrogen-bond acceptors (Lipinski definition) is 5. The number of rotatable bonds is 3. The molecule has 1 spiro atoms. The van der Waals surface area contributed by atoms with Crippen LogP contribution in [0.15, 0.2) is 18.2 Å². The van der Waals surface area contributed by atoms with Gasteiger partial charge in [0.15, 0.2) is 0 Å². The zero-order valence-corrected chi connectivity index (χ0v) is 15.3. The van der Waals surface area contributed by atoms with Crippen LogP contribution in [0, 0.1) is 5.92 Å². The zero-order valence-electron chi connectivity index (χ0n) is 15.3. The highest BCUT2D eigenvalue weighted by Crippen LogP contribution is 2.43. The van der Waals surface area contributed by atoms with E-state index in [1.807, 2.05) is 11.0 Å². The van der Waals surface area contributed by atoms with Crippen molar-refractivity contribution in [1.82, 2.24) is 14.8 Å². The number of carboxylic acids is 1. The van der Waals surface area contributed by atoms with Crippen LogP contribution >= 0.6 is 0 Å². The molecule has 3 heterocycles. The summed E-state index contributed by atoms with van der Waals surface area (Å²) >= 11 is 0. The molecule has 3 rings (SSSR count). The van der Waals surface area contributed by atoms with Gasteiger partial charge in [0.05, 0.1) is 11.5 Å². The highest BCUT2D eigenvalue weighted by atomic mass is 16.4. The molecule has 0 bridgehead atoms. The second kappa shape index (κ2) is 6.59. The second-order valence-corrected chi connectivity index (χ2v) is 7.22. The molecule has 1 aromatic heterocycles. The number of pyridine rings is 1. The average Bonchev–Trinajstić information content (AvgIpc) is 2.87. The Morgan fingerprint density at radius 2 is 1.92 bits per heavy atom.